The maximum absolute atomic E-state index is 14.2. The summed E-state index contributed by atoms with van der Waals surface area (Å²) in [5, 5.41) is 0. The molecule has 0 aliphatic rings. The maximum atomic E-state index is 14.2. The van der Waals surface area contributed by atoms with E-state index in [0.29, 0.717) is 11.3 Å². The Balaban J connectivity index is 1.84. The number of ketones is 4. The molecule has 0 aliphatic carbocycles. The first-order valence-electron chi connectivity index (χ1n) is 12.1. The molecule has 4 aromatic carbocycles. The SMILES string of the molecule is O=C(c1ccccc1)c1sc(C(=O)c2ccccc2)c(C(=O)c2ccccc2)c(=O)c1C(=O)c1ccccc1. The highest BCUT2D eigenvalue weighted by Gasteiger charge is 2.33. The van der Waals surface area contributed by atoms with E-state index in [9.17, 15) is 24.0 Å². The highest BCUT2D eigenvalue weighted by Crippen LogP contribution is 2.28. The van der Waals surface area contributed by atoms with E-state index in [-0.39, 0.29) is 32.0 Å². The fourth-order valence-electron chi connectivity index (χ4n) is 4.18. The van der Waals surface area contributed by atoms with Crippen molar-refractivity contribution in [3.63, 3.8) is 0 Å². The fourth-order valence-corrected chi connectivity index (χ4v) is 5.38. The summed E-state index contributed by atoms with van der Waals surface area (Å²) in [4.78, 5) is 68.8. The van der Waals surface area contributed by atoms with E-state index in [1.807, 2.05) is 0 Å². The van der Waals surface area contributed by atoms with Gasteiger partial charge in [0.2, 0.25) is 17.0 Å². The third-order valence-corrected chi connectivity index (χ3v) is 7.31. The van der Waals surface area contributed by atoms with Gasteiger partial charge in [-0.3, -0.25) is 24.0 Å². The lowest BCUT2D eigenvalue weighted by Crippen LogP contribution is -2.29. The molecule has 188 valence electrons. The van der Waals surface area contributed by atoms with Crippen LogP contribution in [0.25, 0.3) is 0 Å². The summed E-state index contributed by atoms with van der Waals surface area (Å²) in [5.41, 5.74) is -0.942. The van der Waals surface area contributed by atoms with Gasteiger partial charge < -0.3 is 0 Å². The van der Waals surface area contributed by atoms with E-state index in [0.717, 1.165) is 0 Å². The molecule has 6 heteroatoms. The molecule has 0 aliphatic heterocycles. The zero-order valence-corrected chi connectivity index (χ0v) is 21.3. The molecule has 0 saturated heterocycles. The van der Waals surface area contributed by atoms with Crippen LogP contribution < -0.4 is 5.43 Å². The summed E-state index contributed by atoms with van der Waals surface area (Å²) >= 11 is 0.701. The fraction of sp³-hybridized carbons (Fsp3) is 0. The van der Waals surface area contributed by atoms with Crippen LogP contribution in [0.1, 0.15) is 62.3 Å². The first-order chi connectivity index (χ1) is 19.0. The molecule has 1 aromatic heterocycles. The zero-order valence-electron chi connectivity index (χ0n) is 20.5. The Kier molecular flexibility index (Phi) is 7.30. The van der Waals surface area contributed by atoms with Crippen molar-refractivity contribution in [2.24, 2.45) is 0 Å². The molecule has 0 unspecified atom stereocenters. The van der Waals surface area contributed by atoms with Gasteiger partial charge in [0.25, 0.3) is 0 Å². The molecule has 0 bridgehead atoms. The zero-order chi connectivity index (χ0) is 27.4. The number of carbonyl (C=O) groups excluding carboxylic acids is 4. The summed E-state index contributed by atoms with van der Waals surface area (Å²) in [7, 11) is 0. The molecule has 0 saturated carbocycles. The van der Waals surface area contributed by atoms with Crippen molar-refractivity contribution in [2.45, 2.75) is 0 Å². The van der Waals surface area contributed by atoms with Gasteiger partial charge in [-0.1, -0.05) is 121 Å². The Hall–Kier alpha value is -5.07. The van der Waals surface area contributed by atoms with Gasteiger partial charge in [0.1, 0.15) is 0 Å². The van der Waals surface area contributed by atoms with Crippen molar-refractivity contribution in [2.75, 3.05) is 0 Å². The van der Waals surface area contributed by atoms with E-state index in [2.05, 4.69) is 0 Å². The molecule has 0 spiro atoms. The largest absolute Gasteiger partial charge is 0.288 e. The van der Waals surface area contributed by atoms with Crippen LogP contribution in [-0.2, 0) is 0 Å². The molecule has 0 fully saturated rings. The molecule has 5 nitrogen and oxygen atoms in total. The maximum Gasteiger partial charge on any atom is 0.204 e. The quantitative estimate of drug-likeness (QED) is 0.230. The second-order valence-corrected chi connectivity index (χ2v) is 9.64. The van der Waals surface area contributed by atoms with E-state index in [4.69, 9.17) is 0 Å². The van der Waals surface area contributed by atoms with Gasteiger partial charge in [0.15, 0.2) is 11.6 Å². The lowest BCUT2D eigenvalue weighted by molar-refractivity contribution is 0.0997. The third kappa shape index (κ3) is 5.06. The Morgan fingerprint density at radius 2 is 0.641 bits per heavy atom. The highest BCUT2D eigenvalue weighted by molar-refractivity contribution is 7.16. The van der Waals surface area contributed by atoms with Crippen LogP contribution in [0.5, 0.6) is 0 Å². The molecule has 0 radical (unpaired) electrons. The predicted molar refractivity (Wildman–Crippen MR) is 150 cm³/mol. The summed E-state index contributed by atoms with van der Waals surface area (Å²) in [6.45, 7) is 0. The van der Waals surface area contributed by atoms with Gasteiger partial charge in [-0.2, -0.15) is 0 Å². The Morgan fingerprint density at radius 1 is 0.385 bits per heavy atom. The van der Waals surface area contributed by atoms with Crippen LogP contribution in [0.4, 0.5) is 0 Å². The van der Waals surface area contributed by atoms with Crippen LogP contribution >= 0.6 is 11.3 Å². The number of hydrogen-bond donors (Lipinski definition) is 0. The normalized spacial score (nSPS) is 10.6. The van der Waals surface area contributed by atoms with E-state index >= 15 is 0 Å². The highest BCUT2D eigenvalue weighted by atomic mass is 32.1. The van der Waals surface area contributed by atoms with Crippen LogP contribution in [0.15, 0.2) is 126 Å². The second kappa shape index (κ2) is 11.1. The van der Waals surface area contributed by atoms with Crippen molar-refractivity contribution in [3.8, 4) is 0 Å². The predicted octanol–water partition coefficient (Wildman–Crippen LogP) is 6.03. The molecule has 0 N–H and O–H groups in total. The number of hydrogen-bond acceptors (Lipinski definition) is 6. The average molecular weight is 529 g/mol. The number of carbonyl (C=O) groups is 4. The lowest BCUT2D eigenvalue weighted by atomic mass is 9.94. The van der Waals surface area contributed by atoms with Gasteiger partial charge in [-0.25, -0.2) is 0 Å². The van der Waals surface area contributed by atoms with Gasteiger partial charge in [0, 0.05) is 22.3 Å². The van der Waals surface area contributed by atoms with Crippen LogP contribution in [0.2, 0.25) is 0 Å². The van der Waals surface area contributed by atoms with Crippen LogP contribution in [0.3, 0.4) is 0 Å². The van der Waals surface area contributed by atoms with Crippen LogP contribution in [-0.4, -0.2) is 23.1 Å². The van der Waals surface area contributed by atoms with E-state index in [1.165, 1.54) is 24.3 Å². The van der Waals surface area contributed by atoms with Crippen molar-refractivity contribution < 1.29 is 19.2 Å². The van der Waals surface area contributed by atoms with Crippen molar-refractivity contribution >= 4 is 34.5 Å². The molecular formula is C33H20O5S. The smallest absolute Gasteiger partial charge is 0.204 e. The number of rotatable bonds is 8. The van der Waals surface area contributed by atoms with Crippen molar-refractivity contribution in [1.29, 1.82) is 0 Å². The molecule has 39 heavy (non-hydrogen) atoms. The van der Waals surface area contributed by atoms with Gasteiger partial charge in [-0.15, -0.1) is 11.3 Å². The Labute approximate surface area is 228 Å². The molecule has 5 rings (SSSR count). The third-order valence-electron chi connectivity index (χ3n) is 6.12. The monoisotopic (exact) mass is 528 g/mol. The topological polar surface area (TPSA) is 85.3 Å². The van der Waals surface area contributed by atoms with Crippen molar-refractivity contribution in [1.82, 2.24) is 0 Å². The molecule has 5 aromatic rings. The van der Waals surface area contributed by atoms with Gasteiger partial charge in [0.05, 0.1) is 20.9 Å². The standard InChI is InChI=1S/C33H20O5S/c34-27(21-13-5-1-6-14-21)25-31(38)26(28(35)22-15-7-2-8-16-22)33(30(37)24-19-11-4-12-20-24)39-32(25)29(36)23-17-9-3-10-18-23/h1-20H. The first-order valence-corrected chi connectivity index (χ1v) is 12.9. The van der Waals surface area contributed by atoms with E-state index in [1.54, 1.807) is 97.1 Å². The lowest BCUT2D eigenvalue weighted by Gasteiger charge is -2.14. The summed E-state index contributed by atoms with van der Waals surface area (Å²) < 4.78 is 0. The number of benzene rings is 4. The minimum atomic E-state index is -0.949. The molecule has 0 amide bonds. The second-order valence-electron chi connectivity index (χ2n) is 8.62. The molecule has 1 heterocycles. The van der Waals surface area contributed by atoms with Gasteiger partial charge in [-0.05, 0) is 0 Å². The summed E-state index contributed by atoms with van der Waals surface area (Å²) in [6, 6.07) is 32.5. The first kappa shape index (κ1) is 25.6. The van der Waals surface area contributed by atoms with Crippen LogP contribution in [0, 0.1) is 0 Å². The average Bonchev–Trinajstić information content (AvgIpc) is 3.01. The minimum Gasteiger partial charge on any atom is -0.288 e. The van der Waals surface area contributed by atoms with Gasteiger partial charge >= 0.3 is 0 Å². The Morgan fingerprint density at radius 3 is 0.923 bits per heavy atom. The van der Waals surface area contributed by atoms with Crippen molar-refractivity contribution in [3.05, 3.63) is 175 Å². The molecule has 0 atom stereocenters. The van der Waals surface area contributed by atoms with E-state index < -0.39 is 39.7 Å². The minimum absolute atomic E-state index is 0.184. The summed E-state index contributed by atoms with van der Waals surface area (Å²) in [6.07, 6.45) is 0. The summed E-state index contributed by atoms with van der Waals surface area (Å²) in [5.74, 6) is -2.57. The molecular weight excluding hydrogens is 508 g/mol. The Bertz CT molecular complexity index is 1630.